The first kappa shape index (κ1) is 13.8. The molecule has 2 heteroatoms. The van der Waals surface area contributed by atoms with Crippen LogP contribution in [-0.2, 0) is 18.4 Å². The van der Waals surface area contributed by atoms with Gasteiger partial charge in [0, 0.05) is 19.1 Å². The van der Waals surface area contributed by atoms with Crippen LogP contribution < -0.4 is 5.73 Å². The topological polar surface area (TPSA) is 29.3 Å². The zero-order valence-corrected chi connectivity index (χ0v) is 13.4. The maximum atomic E-state index is 5.86. The van der Waals surface area contributed by atoms with E-state index in [0.29, 0.717) is 12.0 Å². The van der Waals surface area contributed by atoms with Crippen LogP contribution in [0.25, 0.3) is 0 Å². The Morgan fingerprint density at radius 1 is 1.33 bits per heavy atom. The van der Waals surface area contributed by atoms with Crippen molar-refractivity contribution in [2.45, 2.75) is 57.5 Å². The summed E-state index contributed by atoms with van der Waals surface area (Å²) in [5, 5.41) is 0. The number of benzene rings is 1. The van der Waals surface area contributed by atoms with Crippen LogP contribution in [0.4, 0.5) is 0 Å². The van der Waals surface area contributed by atoms with Crippen LogP contribution in [-0.4, -0.2) is 24.0 Å². The molecule has 1 heterocycles. The van der Waals surface area contributed by atoms with Gasteiger partial charge in [0.2, 0.25) is 0 Å². The molecule has 2 bridgehead atoms. The number of fused-ring (bicyclic) bond motifs is 4. The summed E-state index contributed by atoms with van der Waals surface area (Å²) in [5.41, 5.74) is 10.7. The number of hydrogen-bond donors (Lipinski definition) is 1. The predicted molar refractivity (Wildman–Crippen MR) is 87.3 cm³/mol. The van der Waals surface area contributed by atoms with Crippen molar-refractivity contribution in [2.75, 3.05) is 13.1 Å². The van der Waals surface area contributed by atoms with Crippen molar-refractivity contribution >= 4 is 0 Å². The van der Waals surface area contributed by atoms with Gasteiger partial charge in [0.25, 0.3) is 0 Å². The van der Waals surface area contributed by atoms with Crippen molar-refractivity contribution < 1.29 is 0 Å². The summed E-state index contributed by atoms with van der Waals surface area (Å²) >= 11 is 0. The molecule has 114 valence electrons. The van der Waals surface area contributed by atoms with Crippen LogP contribution in [0.5, 0.6) is 0 Å². The van der Waals surface area contributed by atoms with Gasteiger partial charge < -0.3 is 5.73 Å². The van der Waals surface area contributed by atoms with Crippen LogP contribution in [0.2, 0.25) is 0 Å². The molecule has 2 fully saturated rings. The van der Waals surface area contributed by atoms with Gasteiger partial charge in [-0.05, 0) is 66.2 Å². The summed E-state index contributed by atoms with van der Waals surface area (Å²) in [6, 6.07) is 7.74. The minimum Gasteiger partial charge on any atom is -0.326 e. The fourth-order valence-electron chi connectivity index (χ4n) is 4.74. The second kappa shape index (κ2) is 4.82. The number of piperidine rings is 1. The standard InChI is InChI=1S/C19H28N2/c1-13-18-10-16-6-5-15(11-20)9-17(16)19(13,2)7-8-21(18)12-14-3-4-14/h5-6,9,13-14,18H,3-4,7-8,10-12,20H2,1-2H3/t13?,18-,19-/m1/s1. The SMILES string of the molecule is CC1[C@H]2Cc3ccc(CN)cc3[C@]1(C)CCN2CC1CC1. The Bertz CT molecular complexity index is 548. The molecule has 1 aromatic rings. The molecule has 1 saturated carbocycles. The number of likely N-dealkylation sites (tertiary alicyclic amines) is 1. The fraction of sp³-hybridized carbons (Fsp3) is 0.684. The molecule has 0 aromatic heterocycles. The van der Waals surface area contributed by atoms with Gasteiger partial charge >= 0.3 is 0 Å². The van der Waals surface area contributed by atoms with Gasteiger partial charge in [-0.2, -0.15) is 0 Å². The van der Waals surface area contributed by atoms with Gasteiger partial charge in [-0.25, -0.2) is 0 Å². The lowest BCUT2D eigenvalue weighted by atomic mass is 9.59. The van der Waals surface area contributed by atoms with E-state index in [1.807, 2.05) is 0 Å². The van der Waals surface area contributed by atoms with Gasteiger partial charge in [-0.3, -0.25) is 4.90 Å². The smallest absolute Gasteiger partial charge is 0.0178 e. The van der Waals surface area contributed by atoms with E-state index in [2.05, 4.69) is 36.9 Å². The highest BCUT2D eigenvalue weighted by atomic mass is 15.2. The summed E-state index contributed by atoms with van der Waals surface area (Å²) < 4.78 is 0. The van der Waals surface area contributed by atoms with Crippen LogP contribution >= 0.6 is 0 Å². The zero-order valence-electron chi connectivity index (χ0n) is 13.4. The first-order chi connectivity index (χ1) is 10.1. The van der Waals surface area contributed by atoms with E-state index in [1.165, 1.54) is 44.3 Å². The van der Waals surface area contributed by atoms with Gasteiger partial charge in [-0.15, -0.1) is 0 Å². The van der Waals surface area contributed by atoms with E-state index in [1.54, 1.807) is 11.1 Å². The Morgan fingerprint density at radius 2 is 2.14 bits per heavy atom. The number of rotatable bonds is 3. The highest BCUT2D eigenvalue weighted by Crippen LogP contribution is 2.49. The van der Waals surface area contributed by atoms with Crippen LogP contribution in [0, 0.1) is 11.8 Å². The summed E-state index contributed by atoms with van der Waals surface area (Å²) in [4.78, 5) is 2.81. The van der Waals surface area contributed by atoms with Gasteiger partial charge in [0.1, 0.15) is 0 Å². The van der Waals surface area contributed by atoms with E-state index in [4.69, 9.17) is 5.73 Å². The van der Waals surface area contributed by atoms with Crippen LogP contribution in [0.3, 0.4) is 0 Å². The molecule has 1 unspecified atom stereocenters. The molecular weight excluding hydrogens is 256 g/mol. The lowest BCUT2D eigenvalue weighted by Crippen LogP contribution is -2.58. The van der Waals surface area contributed by atoms with Gasteiger partial charge in [0.05, 0.1) is 0 Å². The van der Waals surface area contributed by atoms with Crippen molar-refractivity contribution in [1.29, 1.82) is 0 Å². The largest absolute Gasteiger partial charge is 0.326 e. The molecule has 0 spiro atoms. The minimum absolute atomic E-state index is 0.351. The molecule has 0 amide bonds. The highest BCUT2D eigenvalue weighted by Gasteiger charge is 2.48. The number of nitrogens with zero attached hydrogens (tertiary/aromatic N) is 1. The first-order valence-corrected chi connectivity index (χ1v) is 8.68. The molecule has 3 atom stereocenters. The third-order valence-corrected chi connectivity index (χ3v) is 6.61. The number of nitrogens with two attached hydrogens (primary N) is 1. The van der Waals surface area contributed by atoms with Crippen molar-refractivity contribution in [3.05, 3.63) is 34.9 Å². The van der Waals surface area contributed by atoms with Gasteiger partial charge in [-0.1, -0.05) is 32.0 Å². The average molecular weight is 284 g/mol. The van der Waals surface area contributed by atoms with Crippen molar-refractivity contribution in [3.8, 4) is 0 Å². The molecule has 21 heavy (non-hydrogen) atoms. The summed E-state index contributed by atoms with van der Waals surface area (Å²) in [6.45, 7) is 8.28. The molecule has 2 N–H and O–H groups in total. The third-order valence-electron chi connectivity index (χ3n) is 6.61. The molecule has 1 aliphatic heterocycles. The third kappa shape index (κ3) is 2.15. The van der Waals surface area contributed by atoms with E-state index >= 15 is 0 Å². The summed E-state index contributed by atoms with van der Waals surface area (Å²) in [5.74, 6) is 1.76. The van der Waals surface area contributed by atoms with E-state index in [9.17, 15) is 0 Å². The Labute approximate surface area is 128 Å². The molecule has 1 saturated heterocycles. The molecule has 2 nitrogen and oxygen atoms in total. The maximum absolute atomic E-state index is 5.86. The van der Waals surface area contributed by atoms with Crippen LogP contribution in [0.1, 0.15) is 49.8 Å². The van der Waals surface area contributed by atoms with Crippen LogP contribution in [0.15, 0.2) is 18.2 Å². The van der Waals surface area contributed by atoms with Crippen molar-refractivity contribution in [1.82, 2.24) is 4.90 Å². The molecule has 2 aliphatic carbocycles. The van der Waals surface area contributed by atoms with E-state index < -0.39 is 0 Å². The predicted octanol–water partition coefficient (Wildman–Crippen LogP) is 3.08. The second-order valence-corrected chi connectivity index (χ2v) is 7.86. The Hall–Kier alpha value is -0.860. The normalized spacial score (nSPS) is 35.6. The summed E-state index contributed by atoms with van der Waals surface area (Å²) in [7, 11) is 0. The minimum atomic E-state index is 0.351. The molecular formula is C19H28N2. The van der Waals surface area contributed by atoms with Crippen molar-refractivity contribution in [2.24, 2.45) is 17.6 Å². The Balaban J connectivity index is 1.70. The lowest BCUT2D eigenvalue weighted by Gasteiger charge is -2.55. The Kier molecular flexibility index (Phi) is 3.16. The highest BCUT2D eigenvalue weighted by molar-refractivity contribution is 5.42. The second-order valence-electron chi connectivity index (χ2n) is 7.86. The summed E-state index contributed by atoms with van der Waals surface area (Å²) in [6.07, 6.45) is 5.47. The monoisotopic (exact) mass is 284 g/mol. The number of hydrogen-bond acceptors (Lipinski definition) is 2. The van der Waals surface area contributed by atoms with E-state index in [-0.39, 0.29) is 0 Å². The zero-order chi connectivity index (χ0) is 14.6. The van der Waals surface area contributed by atoms with Gasteiger partial charge in [0.15, 0.2) is 0 Å². The maximum Gasteiger partial charge on any atom is 0.0178 e. The Morgan fingerprint density at radius 3 is 2.86 bits per heavy atom. The molecule has 3 aliphatic rings. The first-order valence-electron chi connectivity index (χ1n) is 8.68. The molecule has 0 radical (unpaired) electrons. The molecule has 4 rings (SSSR count). The quantitative estimate of drug-likeness (QED) is 0.924. The lowest BCUT2D eigenvalue weighted by molar-refractivity contribution is 0.0284. The fourth-order valence-corrected chi connectivity index (χ4v) is 4.74. The molecule has 1 aromatic carbocycles. The van der Waals surface area contributed by atoms with Crippen molar-refractivity contribution in [3.63, 3.8) is 0 Å². The average Bonchev–Trinajstić information content (AvgIpc) is 3.30. The van der Waals surface area contributed by atoms with E-state index in [0.717, 1.165) is 17.9 Å².